The van der Waals surface area contributed by atoms with Crippen LogP contribution in [0.3, 0.4) is 0 Å². The van der Waals surface area contributed by atoms with Crippen molar-refractivity contribution >= 4 is 6.29 Å². The first-order valence-electron chi connectivity index (χ1n) is 11.5. The van der Waals surface area contributed by atoms with Crippen LogP contribution in [0.2, 0.25) is 0 Å². The molecule has 10 atom stereocenters. The molecule has 0 heterocycles. The number of carbonyl (C=O) groups excluding carboxylic acids is 1. The highest BCUT2D eigenvalue weighted by Gasteiger charge is 2.62. The number of aliphatic hydroxyl groups excluding tert-OH is 2. The minimum Gasteiger partial charge on any atom is -0.393 e. The second-order valence-corrected chi connectivity index (χ2v) is 11.1. The lowest BCUT2D eigenvalue weighted by Crippen LogP contribution is -2.58. The molecule has 4 saturated carbocycles. The fraction of sp³-hybridized carbons (Fsp3) is 0.958. The van der Waals surface area contributed by atoms with Gasteiger partial charge in [-0.1, -0.05) is 20.8 Å². The summed E-state index contributed by atoms with van der Waals surface area (Å²) in [6.07, 6.45) is 12.1. The number of rotatable bonds is 4. The molecule has 3 nitrogen and oxygen atoms in total. The summed E-state index contributed by atoms with van der Waals surface area (Å²) in [5.41, 5.74) is 0.627. The van der Waals surface area contributed by atoms with Gasteiger partial charge in [0.15, 0.2) is 6.29 Å². The van der Waals surface area contributed by atoms with Gasteiger partial charge < -0.3 is 10.2 Å². The Balaban J connectivity index is 1.58. The SMILES string of the molecule is C[C@H](CC[C]=O)[C@H]1CC[C@H]2[C@@H]3[C@H](O)CC4C[C@H](O)CC[C@]4(C)[C@H]3CC[C@]12C. The lowest BCUT2D eigenvalue weighted by Gasteiger charge is -2.62. The summed E-state index contributed by atoms with van der Waals surface area (Å²) in [5.74, 6) is 3.43. The predicted molar refractivity (Wildman–Crippen MR) is 107 cm³/mol. The van der Waals surface area contributed by atoms with Crippen molar-refractivity contribution in [3.8, 4) is 0 Å². The van der Waals surface area contributed by atoms with Crippen molar-refractivity contribution in [1.82, 2.24) is 0 Å². The van der Waals surface area contributed by atoms with E-state index in [1.54, 1.807) is 0 Å². The van der Waals surface area contributed by atoms with Gasteiger partial charge in [-0.05, 0) is 104 Å². The fourth-order valence-corrected chi connectivity index (χ4v) is 8.66. The number of aliphatic hydroxyl groups is 2. The maximum Gasteiger partial charge on any atom is 0.198 e. The third-order valence-corrected chi connectivity index (χ3v) is 10.1. The van der Waals surface area contributed by atoms with Crippen molar-refractivity contribution in [2.75, 3.05) is 0 Å². The Morgan fingerprint density at radius 2 is 1.70 bits per heavy atom. The van der Waals surface area contributed by atoms with Crippen LogP contribution in [0.4, 0.5) is 0 Å². The first kappa shape index (κ1) is 19.9. The summed E-state index contributed by atoms with van der Waals surface area (Å²) >= 11 is 0. The van der Waals surface area contributed by atoms with Crippen LogP contribution < -0.4 is 0 Å². The maximum absolute atomic E-state index is 11.2. The van der Waals surface area contributed by atoms with E-state index < -0.39 is 0 Å². The lowest BCUT2D eigenvalue weighted by atomic mass is 9.43. The van der Waals surface area contributed by atoms with Gasteiger partial charge in [-0.2, -0.15) is 0 Å². The topological polar surface area (TPSA) is 57.5 Å². The first-order valence-corrected chi connectivity index (χ1v) is 11.5. The van der Waals surface area contributed by atoms with Crippen molar-refractivity contribution < 1.29 is 15.0 Å². The Bertz CT molecular complexity index is 562. The smallest absolute Gasteiger partial charge is 0.198 e. The summed E-state index contributed by atoms with van der Waals surface area (Å²) in [4.78, 5) is 10.7. The molecule has 0 aromatic rings. The van der Waals surface area contributed by atoms with Crippen molar-refractivity contribution in [3.63, 3.8) is 0 Å². The van der Waals surface area contributed by atoms with E-state index in [9.17, 15) is 15.0 Å². The largest absolute Gasteiger partial charge is 0.393 e. The van der Waals surface area contributed by atoms with E-state index in [4.69, 9.17) is 0 Å². The Morgan fingerprint density at radius 1 is 1.00 bits per heavy atom. The van der Waals surface area contributed by atoms with Gasteiger partial charge in [0, 0.05) is 6.42 Å². The minimum absolute atomic E-state index is 0.160. The monoisotopic (exact) mass is 375 g/mol. The predicted octanol–water partition coefficient (Wildman–Crippen LogP) is 4.50. The molecule has 1 unspecified atom stereocenters. The molecule has 0 aromatic heterocycles. The highest BCUT2D eigenvalue weighted by atomic mass is 16.3. The van der Waals surface area contributed by atoms with Crippen LogP contribution in [0, 0.1) is 46.3 Å². The van der Waals surface area contributed by atoms with Crippen molar-refractivity contribution in [1.29, 1.82) is 0 Å². The van der Waals surface area contributed by atoms with Crippen molar-refractivity contribution in [3.05, 3.63) is 0 Å². The average Bonchev–Trinajstić information content (AvgIpc) is 2.98. The first-order chi connectivity index (χ1) is 12.8. The Hall–Kier alpha value is -0.410. The van der Waals surface area contributed by atoms with Crippen LogP contribution in [0.1, 0.15) is 85.0 Å². The van der Waals surface area contributed by atoms with Crippen LogP contribution in [-0.2, 0) is 4.79 Å². The molecule has 0 spiro atoms. The normalized spacial score (nSPS) is 53.1. The van der Waals surface area contributed by atoms with Gasteiger partial charge in [-0.3, -0.25) is 4.79 Å². The van der Waals surface area contributed by atoms with Gasteiger partial charge in [0.25, 0.3) is 0 Å². The van der Waals surface area contributed by atoms with E-state index in [2.05, 4.69) is 27.1 Å². The molecular formula is C24H39O3. The molecule has 0 saturated heterocycles. The van der Waals surface area contributed by atoms with Gasteiger partial charge in [0.1, 0.15) is 0 Å². The lowest BCUT2D eigenvalue weighted by molar-refractivity contribution is -0.174. The van der Waals surface area contributed by atoms with Crippen molar-refractivity contribution in [2.24, 2.45) is 46.3 Å². The molecule has 2 N–H and O–H groups in total. The van der Waals surface area contributed by atoms with Gasteiger partial charge in [-0.15, -0.1) is 0 Å². The van der Waals surface area contributed by atoms with E-state index in [1.165, 1.54) is 25.7 Å². The van der Waals surface area contributed by atoms with Crippen LogP contribution in [0.25, 0.3) is 0 Å². The summed E-state index contributed by atoms with van der Waals surface area (Å²) in [5, 5.41) is 21.4. The summed E-state index contributed by atoms with van der Waals surface area (Å²) in [6.45, 7) is 7.31. The van der Waals surface area contributed by atoms with Crippen molar-refractivity contribution in [2.45, 2.75) is 97.2 Å². The van der Waals surface area contributed by atoms with Gasteiger partial charge in [0.05, 0.1) is 12.2 Å². The zero-order valence-electron chi connectivity index (χ0n) is 17.5. The van der Waals surface area contributed by atoms with E-state index >= 15 is 0 Å². The second kappa shape index (κ2) is 7.13. The average molecular weight is 376 g/mol. The van der Waals surface area contributed by atoms with E-state index in [-0.39, 0.29) is 12.2 Å². The molecule has 0 bridgehead atoms. The molecule has 4 aliphatic carbocycles. The summed E-state index contributed by atoms with van der Waals surface area (Å²) in [7, 11) is 0. The highest BCUT2D eigenvalue weighted by Crippen LogP contribution is 2.68. The Labute approximate surface area is 165 Å². The second-order valence-electron chi connectivity index (χ2n) is 11.1. The molecule has 4 fully saturated rings. The van der Waals surface area contributed by atoms with Crippen LogP contribution in [-0.4, -0.2) is 28.7 Å². The molecular weight excluding hydrogens is 336 g/mol. The molecule has 3 heteroatoms. The zero-order valence-corrected chi connectivity index (χ0v) is 17.5. The minimum atomic E-state index is -0.194. The quantitative estimate of drug-likeness (QED) is 0.760. The summed E-state index contributed by atoms with van der Waals surface area (Å²) < 4.78 is 0. The van der Waals surface area contributed by atoms with E-state index in [1.807, 2.05) is 0 Å². The summed E-state index contributed by atoms with van der Waals surface area (Å²) in [6, 6.07) is 0. The molecule has 27 heavy (non-hydrogen) atoms. The number of hydrogen-bond donors (Lipinski definition) is 2. The third-order valence-electron chi connectivity index (χ3n) is 10.1. The van der Waals surface area contributed by atoms with Gasteiger partial charge in [-0.25, -0.2) is 0 Å². The Kier molecular flexibility index (Phi) is 5.25. The molecule has 0 amide bonds. The van der Waals surface area contributed by atoms with E-state index in [0.29, 0.717) is 52.8 Å². The molecule has 4 rings (SSSR count). The zero-order chi connectivity index (χ0) is 19.4. The Morgan fingerprint density at radius 3 is 2.44 bits per heavy atom. The molecule has 1 radical (unpaired) electrons. The van der Waals surface area contributed by atoms with E-state index in [0.717, 1.165) is 32.1 Å². The highest BCUT2D eigenvalue weighted by molar-refractivity contribution is 5.50. The van der Waals surface area contributed by atoms with Gasteiger partial charge in [0.2, 0.25) is 0 Å². The van der Waals surface area contributed by atoms with Crippen LogP contribution in [0.15, 0.2) is 0 Å². The third kappa shape index (κ3) is 3.03. The number of hydrogen-bond acceptors (Lipinski definition) is 3. The molecule has 0 aromatic carbocycles. The van der Waals surface area contributed by atoms with Crippen LogP contribution >= 0.6 is 0 Å². The number of fused-ring (bicyclic) bond motifs is 5. The fourth-order valence-electron chi connectivity index (χ4n) is 8.66. The standard InChI is InChI=1S/C24H39O3/c1-15(5-4-12-25)18-6-7-19-22-20(9-11-24(18,19)3)23(2)10-8-17(26)13-16(23)14-21(22)27/h15-22,26-27H,4-11,13-14H2,1-3H3/t15-,16?,17-,18-,19+,20+,21-,22+,23+,24-/m1/s1. The molecule has 153 valence electrons. The maximum atomic E-state index is 11.2. The van der Waals surface area contributed by atoms with Crippen LogP contribution in [0.5, 0.6) is 0 Å². The van der Waals surface area contributed by atoms with Gasteiger partial charge >= 0.3 is 0 Å². The molecule has 0 aliphatic heterocycles. The molecule has 4 aliphatic rings.